The molecule has 9 heteroatoms. The summed E-state index contributed by atoms with van der Waals surface area (Å²) in [6, 6.07) is 18.0. The third kappa shape index (κ3) is 7.09. The van der Waals surface area contributed by atoms with E-state index in [2.05, 4.69) is 43.5 Å². The number of aliphatic carboxylic acids is 1. The van der Waals surface area contributed by atoms with Gasteiger partial charge in [0.15, 0.2) is 0 Å². The second-order valence-corrected chi connectivity index (χ2v) is 17.3. The number of carboxylic acids is 1. The summed E-state index contributed by atoms with van der Waals surface area (Å²) in [5, 5.41) is 40.6. The van der Waals surface area contributed by atoms with Gasteiger partial charge < -0.3 is 30.7 Å². The number of pyridine rings is 1. The molecule has 0 spiro atoms. The van der Waals surface area contributed by atoms with E-state index in [9.17, 15) is 24.9 Å². The molecule has 4 aliphatic carbocycles. The molecule has 1 heterocycles. The highest BCUT2D eigenvalue weighted by Gasteiger charge is 2.65. The molecule has 5 unspecified atom stereocenters. The van der Waals surface area contributed by atoms with Crippen LogP contribution in [0.25, 0.3) is 10.9 Å². The first-order chi connectivity index (χ1) is 25.4. The number of aromatic nitrogens is 1. The van der Waals surface area contributed by atoms with Crippen LogP contribution in [-0.2, 0) is 16.1 Å². The molecule has 53 heavy (non-hydrogen) atoms. The Labute approximate surface area is 314 Å². The smallest absolute Gasteiger partial charge is 0.303 e. The molecule has 0 saturated heterocycles. The van der Waals surface area contributed by atoms with Gasteiger partial charge in [-0.3, -0.25) is 14.6 Å². The molecule has 1 amide bonds. The minimum absolute atomic E-state index is 0.0249. The summed E-state index contributed by atoms with van der Waals surface area (Å²) in [6.45, 7) is 10.0. The number of carbonyl (C=O) groups excluding carboxylic acids is 1. The lowest BCUT2D eigenvalue weighted by Gasteiger charge is -2.63. The number of anilines is 1. The van der Waals surface area contributed by atoms with Crippen molar-refractivity contribution < 1.29 is 29.6 Å². The number of benzene rings is 2. The average molecular weight is 726 g/mol. The number of carbonyl (C=O) groups is 2. The van der Waals surface area contributed by atoms with Crippen LogP contribution in [-0.4, -0.2) is 63.6 Å². The molecule has 0 radical (unpaired) electrons. The van der Waals surface area contributed by atoms with E-state index in [1.54, 1.807) is 0 Å². The van der Waals surface area contributed by atoms with Gasteiger partial charge in [-0.05, 0) is 116 Å². The SMILES string of the molecule is Cc1nc2ccccc2c(NCc2ccccc2)c1C(=O)NCCO[C@H]1CC[C@@]2(C)C(CC(O)C3C2C[C@H](O)[C@@]2(C)C3CC[C@@H]2[C@H](C)CCC(=O)O)C1. The lowest BCUT2D eigenvalue weighted by molar-refractivity contribution is -0.209. The number of aliphatic hydroxyl groups excluding tert-OH is 2. The normalized spacial score (nSPS) is 34.1. The van der Waals surface area contributed by atoms with Crippen molar-refractivity contribution in [3.8, 4) is 0 Å². The zero-order chi connectivity index (χ0) is 37.5. The van der Waals surface area contributed by atoms with Gasteiger partial charge in [0, 0.05) is 24.9 Å². The minimum atomic E-state index is -0.762. The number of rotatable bonds is 12. The van der Waals surface area contributed by atoms with Gasteiger partial charge in [-0.2, -0.15) is 0 Å². The van der Waals surface area contributed by atoms with Gasteiger partial charge in [0.1, 0.15) is 0 Å². The van der Waals surface area contributed by atoms with E-state index in [1.165, 1.54) is 0 Å². The summed E-state index contributed by atoms with van der Waals surface area (Å²) < 4.78 is 6.44. The average Bonchev–Trinajstić information content (AvgIpc) is 3.50. The van der Waals surface area contributed by atoms with Crippen molar-refractivity contribution in [1.29, 1.82) is 0 Å². The van der Waals surface area contributed by atoms with E-state index in [0.29, 0.717) is 49.7 Å². The van der Waals surface area contributed by atoms with Crippen molar-refractivity contribution in [3.05, 3.63) is 71.4 Å². The van der Waals surface area contributed by atoms with E-state index in [-0.39, 0.29) is 58.9 Å². The van der Waals surface area contributed by atoms with Gasteiger partial charge in [0.2, 0.25) is 0 Å². The molecule has 0 bridgehead atoms. The van der Waals surface area contributed by atoms with Crippen molar-refractivity contribution in [1.82, 2.24) is 10.3 Å². The first-order valence-corrected chi connectivity index (χ1v) is 20.1. The van der Waals surface area contributed by atoms with Crippen molar-refractivity contribution in [2.45, 2.75) is 110 Å². The fourth-order valence-corrected chi connectivity index (χ4v) is 11.9. The predicted molar refractivity (Wildman–Crippen MR) is 206 cm³/mol. The number of nitrogens with one attached hydrogen (secondary N) is 2. The van der Waals surface area contributed by atoms with E-state index in [0.717, 1.165) is 60.7 Å². The largest absolute Gasteiger partial charge is 0.481 e. The third-order valence-electron chi connectivity index (χ3n) is 14.7. The summed E-state index contributed by atoms with van der Waals surface area (Å²) >= 11 is 0. The Kier molecular flexibility index (Phi) is 10.9. The number of aryl methyl sites for hydroxylation is 1. The van der Waals surface area contributed by atoms with Gasteiger partial charge in [-0.15, -0.1) is 0 Å². The molecule has 0 aliphatic heterocycles. The van der Waals surface area contributed by atoms with E-state index in [1.807, 2.05) is 49.4 Å². The topological polar surface area (TPSA) is 141 Å². The van der Waals surface area contributed by atoms with Gasteiger partial charge in [-0.1, -0.05) is 69.3 Å². The van der Waals surface area contributed by atoms with Crippen molar-refractivity contribution in [3.63, 3.8) is 0 Å². The van der Waals surface area contributed by atoms with Crippen molar-refractivity contribution in [2.24, 2.45) is 46.3 Å². The van der Waals surface area contributed by atoms with Crippen molar-refractivity contribution >= 4 is 28.5 Å². The van der Waals surface area contributed by atoms with Crippen LogP contribution in [0.1, 0.15) is 100 Å². The number of hydrogen-bond acceptors (Lipinski definition) is 7. The van der Waals surface area contributed by atoms with Crippen LogP contribution in [0.5, 0.6) is 0 Å². The monoisotopic (exact) mass is 725 g/mol. The van der Waals surface area contributed by atoms with E-state index >= 15 is 0 Å². The van der Waals surface area contributed by atoms with Gasteiger partial charge in [0.05, 0.1) is 47.4 Å². The number of para-hydroxylation sites is 1. The maximum absolute atomic E-state index is 13.7. The standard InChI is InChI=1S/C44H59N3O6/c1-26(14-17-38(50)51)32-15-16-33-40-34(24-37(49)44(32,33)4)43(3)19-18-30(22-29(43)23-36(40)48)53-21-20-45-42(52)39-27(2)47-35-13-9-8-12-31(35)41(39)46-25-28-10-6-5-7-11-28/h5-13,26,29-30,32-34,36-37,40,48-49H,14-25H2,1-4H3,(H,45,52)(H,46,47)(H,50,51)/t26-,29?,30+,32-,33?,34?,36?,37+,40?,43+,44-/m1/s1. The molecule has 4 fully saturated rings. The molecule has 1 aromatic heterocycles. The zero-order valence-corrected chi connectivity index (χ0v) is 31.9. The summed E-state index contributed by atoms with van der Waals surface area (Å²) in [6.07, 6.45) is 6.21. The minimum Gasteiger partial charge on any atom is -0.481 e. The number of fused-ring (bicyclic) bond motifs is 6. The summed E-state index contributed by atoms with van der Waals surface area (Å²) in [7, 11) is 0. The number of amides is 1. The van der Waals surface area contributed by atoms with Gasteiger partial charge in [0.25, 0.3) is 5.91 Å². The van der Waals surface area contributed by atoms with Crippen LogP contribution in [0.3, 0.4) is 0 Å². The first kappa shape index (κ1) is 37.8. The van der Waals surface area contributed by atoms with Gasteiger partial charge in [-0.25, -0.2) is 0 Å². The van der Waals surface area contributed by atoms with Gasteiger partial charge >= 0.3 is 5.97 Å². The van der Waals surface area contributed by atoms with Crippen LogP contribution >= 0.6 is 0 Å². The van der Waals surface area contributed by atoms with E-state index in [4.69, 9.17) is 9.72 Å². The molecule has 286 valence electrons. The van der Waals surface area contributed by atoms with Crippen LogP contribution in [0.4, 0.5) is 5.69 Å². The fraction of sp³-hybridized carbons (Fsp3) is 0.614. The molecular weight excluding hydrogens is 666 g/mol. The molecule has 5 N–H and O–H groups in total. The first-order valence-electron chi connectivity index (χ1n) is 20.1. The highest BCUT2D eigenvalue weighted by Crippen LogP contribution is 2.68. The molecule has 4 aliphatic rings. The van der Waals surface area contributed by atoms with Crippen molar-refractivity contribution in [2.75, 3.05) is 18.5 Å². The second kappa shape index (κ2) is 15.3. The second-order valence-electron chi connectivity index (χ2n) is 17.3. The number of carboxylic acid groups (broad SMARTS) is 1. The molecule has 3 aromatic rings. The Bertz CT molecular complexity index is 1790. The summed E-state index contributed by atoms with van der Waals surface area (Å²) in [5.41, 5.74) is 3.70. The van der Waals surface area contributed by atoms with Crippen LogP contribution in [0.15, 0.2) is 54.6 Å². The Balaban J connectivity index is 0.967. The molecule has 2 aromatic carbocycles. The fourth-order valence-electron chi connectivity index (χ4n) is 11.9. The highest BCUT2D eigenvalue weighted by molar-refractivity contribution is 6.08. The van der Waals surface area contributed by atoms with E-state index < -0.39 is 18.2 Å². The Morgan fingerprint density at radius 2 is 1.74 bits per heavy atom. The lowest BCUT2D eigenvalue weighted by atomic mass is 9.43. The van der Waals surface area contributed by atoms with Crippen LogP contribution in [0.2, 0.25) is 0 Å². The Morgan fingerprint density at radius 1 is 0.981 bits per heavy atom. The number of nitrogens with zero attached hydrogens (tertiary/aromatic N) is 1. The molecule has 4 saturated carbocycles. The Morgan fingerprint density at radius 3 is 2.51 bits per heavy atom. The highest BCUT2D eigenvalue weighted by atomic mass is 16.5. The molecule has 9 nitrogen and oxygen atoms in total. The third-order valence-corrected chi connectivity index (χ3v) is 14.7. The number of ether oxygens (including phenoxy) is 1. The maximum Gasteiger partial charge on any atom is 0.303 e. The van der Waals surface area contributed by atoms with Crippen LogP contribution < -0.4 is 10.6 Å². The Hall–Kier alpha value is -3.53. The van der Waals surface area contributed by atoms with Crippen LogP contribution in [0, 0.1) is 53.3 Å². The molecule has 11 atom stereocenters. The number of aliphatic hydroxyl groups is 2. The number of hydrogen-bond donors (Lipinski definition) is 5. The quantitative estimate of drug-likeness (QED) is 0.122. The predicted octanol–water partition coefficient (Wildman–Crippen LogP) is 7.37. The molecule has 7 rings (SSSR count). The lowest BCUT2D eigenvalue weighted by Crippen LogP contribution is -2.62. The zero-order valence-electron chi connectivity index (χ0n) is 31.9. The summed E-state index contributed by atoms with van der Waals surface area (Å²) in [5.74, 6) is 0.515. The summed E-state index contributed by atoms with van der Waals surface area (Å²) in [4.78, 5) is 29.8. The molecular formula is C44H59N3O6. The maximum atomic E-state index is 13.7.